The van der Waals surface area contributed by atoms with Crippen molar-refractivity contribution < 1.29 is 14.4 Å². The van der Waals surface area contributed by atoms with Gasteiger partial charge in [0.25, 0.3) is 0 Å². The molecule has 0 aliphatic heterocycles. The molecular formula is C10H10BrNO4. The molecule has 0 saturated heterocycles. The first-order chi connectivity index (χ1) is 7.58. The molecule has 1 rings (SSSR count). The quantitative estimate of drug-likeness (QED) is 0.631. The maximum atomic E-state index is 10.2. The number of ether oxygens (including phenoxy) is 2. The van der Waals surface area contributed by atoms with Crippen molar-refractivity contribution in [1.29, 1.82) is 0 Å². The molecule has 0 aliphatic rings. The molecule has 0 bridgehead atoms. The van der Waals surface area contributed by atoms with E-state index < -0.39 is 4.92 Å². The standard InChI is InChI=1S/C10H10BrNO4/c1-15-9-6-10(16-2)8(11)5-7(9)3-4-12(13)14/h3-6H,1-2H3. The molecule has 0 radical (unpaired) electrons. The molecule has 1 aromatic carbocycles. The zero-order chi connectivity index (χ0) is 12.1. The van der Waals surface area contributed by atoms with E-state index in [1.165, 1.54) is 20.3 Å². The van der Waals surface area contributed by atoms with E-state index in [0.29, 0.717) is 21.5 Å². The van der Waals surface area contributed by atoms with Crippen molar-refractivity contribution in [3.05, 3.63) is 38.5 Å². The van der Waals surface area contributed by atoms with E-state index in [2.05, 4.69) is 15.9 Å². The summed E-state index contributed by atoms with van der Waals surface area (Å²) in [5.41, 5.74) is 0.604. The van der Waals surface area contributed by atoms with Gasteiger partial charge in [0.2, 0.25) is 6.20 Å². The average Bonchev–Trinajstić information content (AvgIpc) is 2.26. The van der Waals surface area contributed by atoms with E-state index in [-0.39, 0.29) is 0 Å². The minimum Gasteiger partial charge on any atom is -0.496 e. The Labute approximate surface area is 101 Å². The molecule has 0 heterocycles. The Bertz CT molecular complexity index is 431. The Morgan fingerprint density at radius 2 is 1.94 bits per heavy atom. The van der Waals surface area contributed by atoms with Crippen LogP contribution in [0, 0.1) is 10.1 Å². The second-order valence-electron chi connectivity index (χ2n) is 2.83. The van der Waals surface area contributed by atoms with Gasteiger partial charge < -0.3 is 9.47 Å². The molecule has 0 amide bonds. The summed E-state index contributed by atoms with van der Waals surface area (Å²) in [5, 5.41) is 10.2. The number of hydrogen-bond acceptors (Lipinski definition) is 4. The van der Waals surface area contributed by atoms with Gasteiger partial charge in [-0.1, -0.05) is 0 Å². The van der Waals surface area contributed by atoms with Gasteiger partial charge in [-0.05, 0) is 22.0 Å². The summed E-state index contributed by atoms with van der Waals surface area (Å²) in [6.07, 6.45) is 2.22. The maximum absolute atomic E-state index is 10.2. The molecule has 0 N–H and O–H groups in total. The van der Waals surface area contributed by atoms with E-state index >= 15 is 0 Å². The van der Waals surface area contributed by atoms with Crippen LogP contribution in [-0.2, 0) is 0 Å². The molecule has 0 fully saturated rings. The summed E-state index contributed by atoms with van der Waals surface area (Å²) in [7, 11) is 3.03. The number of hydrogen-bond donors (Lipinski definition) is 0. The van der Waals surface area contributed by atoms with Crippen molar-refractivity contribution in [1.82, 2.24) is 0 Å². The molecular weight excluding hydrogens is 278 g/mol. The fourth-order valence-corrected chi connectivity index (χ4v) is 1.68. The van der Waals surface area contributed by atoms with E-state index in [9.17, 15) is 10.1 Å². The number of nitrogens with zero attached hydrogens (tertiary/aromatic N) is 1. The van der Waals surface area contributed by atoms with Crippen molar-refractivity contribution in [2.45, 2.75) is 0 Å². The van der Waals surface area contributed by atoms with Gasteiger partial charge in [-0.3, -0.25) is 10.1 Å². The Morgan fingerprint density at radius 1 is 1.31 bits per heavy atom. The zero-order valence-electron chi connectivity index (χ0n) is 8.77. The average molecular weight is 288 g/mol. The van der Waals surface area contributed by atoms with Crippen LogP contribution in [0.25, 0.3) is 6.08 Å². The monoisotopic (exact) mass is 287 g/mol. The second-order valence-corrected chi connectivity index (χ2v) is 3.68. The molecule has 6 heteroatoms. The van der Waals surface area contributed by atoms with Crippen LogP contribution in [0.2, 0.25) is 0 Å². The van der Waals surface area contributed by atoms with Crippen molar-refractivity contribution in [2.75, 3.05) is 14.2 Å². The highest BCUT2D eigenvalue weighted by atomic mass is 79.9. The predicted octanol–water partition coefficient (Wildman–Crippen LogP) is 2.71. The SMILES string of the molecule is COc1cc(OC)c(C=C[N+](=O)[O-])cc1Br. The Balaban J connectivity index is 3.18. The summed E-state index contributed by atoms with van der Waals surface area (Å²) in [4.78, 5) is 9.69. The molecule has 0 aromatic heterocycles. The highest BCUT2D eigenvalue weighted by Crippen LogP contribution is 2.33. The third kappa shape index (κ3) is 2.96. The molecule has 0 unspecified atom stereocenters. The first-order valence-electron chi connectivity index (χ1n) is 4.31. The third-order valence-electron chi connectivity index (χ3n) is 1.88. The third-order valence-corrected chi connectivity index (χ3v) is 2.50. The molecule has 0 aliphatic carbocycles. The highest BCUT2D eigenvalue weighted by Gasteiger charge is 2.08. The lowest BCUT2D eigenvalue weighted by atomic mass is 10.2. The normalized spacial score (nSPS) is 10.4. The minimum absolute atomic E-state index is 0.512. The summed E-state index contributed by atoms with van der Waals surface area (Å²) >= 11 is 3.29. The summed E-state index contributed by atoms with van der Waals surface area (Å²) < 4.78 is 10.9. The van der Waals surface area contributed by atoms with E-state index in [0.717, 1.165) is 6.20 Å². The number of methoxy groups -OCH3 is 2. The molecule has 16 heavy (non-hydrogen) atoms. The fraction of sp³-hybridized carbons (Fsp3) is 0.200. The van der Waals surface area contributed by atoms with Crippen LogP contribution >= 0.6 is 15.9 Å². The minimum atomic E-state index is -0.530. The second kappa shape index (κ2) is 5.50. The zero-order valence-corrected chi connectivity index (χ0v) is 10.4. The molecule has 0 spiro atoms. The van der Waals surface area contributed by atoms with E-state index in [1.54, 1.807) is 12.1 Å². The van der Waals surface area contributed by atoms with Gasteiger partial charge in [0, 0.05) is 17.7 Å². The van der Waals surface area contributed by atoms with Gasteiger partial charge in [-0.25, -0.2) is 0 Å². The van der Waals surface area contributed by atoms with Gasteiger partial charge in [0.15, 0.2) is 0 Å². The Hall–Kier alpha value is -1.56. The van der Waals surface area contributed by atoms with Gasteiger partial charge >= 0.3 is 0 Å². The van der Waals surface area contributed by atoms with Crippen LogP contribution < -0.4 is 9.47 Å². The summed E-state index contributed by atoms with van der Waals surface area (Å²) in [6, 6.07) is 3.35. The van der Waals surface area contributed by atoms with Crippen molar-refractivity contribution in [3.63, 3.8) is 0 Å². The molecule has 0 saturated carbocycles. The topological polar surface area (TPSA) is 61.6 Å². The Morgan fingerprint density at radius 3 is 2.44 bits per heavy atom. The summed E-state index contributed by atoms with van der Waals surface area (Å²) in [5.74, 6) is 1.12. The first-order valence-corrected chi connectivity index (χ1v) is 5.11. The lowest BCUT2D eigenvalue weighted by Crippen LogP contribution is -1.92. The molecule has 86 valence electrons. The van der Waals surface area contributed by atoms with Crippen LogP contribution in [0.3, 0.4) is 0 Å². The van der Waals surface area contributed by atoms with Crippen LogP contribution in [0.1, 0.15) is 5.56 Å². The Kier molecular flexibility index (Phi) is 4.30. The van der Waals surface area contributed by atoms with Crippen molar-refractivity contribution in [2.24, 2.45) is 0 Å². The lowest BCUT2D eigenvalue weighted by Gasteiger charge is -2.08. The predicted molar refractivity (Wildman–Crippen MR) is 63.3 cm³/mol. The van der Waals surface area contributed by atoms with E-state index in [1.807, 2.05) is 0 Å². The van der Waals surface area contributed by atoms with Gasteiger partial charge in [-0.2, -0.15) is 0 Å². The van der Waals surface area contributed by atoms with Crippen molar-refractivity contribution >= 4 is 22.0 Å². The largest absolute Gasteiger partial charge is 0.496 e. The lowest BCUT2D eigenvalue weighted by molar-refractivity contribution is -0.400. The molecule has 1 aromatic rings. The van der Waals surface area contributed by atoms with Crippen LogP contribution in [0.4, 0.5) is 0 Å². The highest BCUT2D eigenvalue weighted by molar-refractivity contribution is 9.10. The number of benzene rings is 1. The van der Waals surface area contributed by atoms with Gasteiger partial charge in [0.1, 0.15) is 11.5 Å². The van der Waals surface area contributed by atoms with Crippen LogP contribution in [0.5, 0.6) is 11.5 Å². The van der Waals surface area contributed by atoms with Crippen LogP contribution in [-0.4, -0.2) is 19.1 Å². The van der Waals surface area contributed by atoms with Crippen molar-refractivity contribution in [3.8, 4) is 11.5 Å². The number of rotatable bonds is 4. The van der Waals surface area contributed by atoms with Crippen LogP contribution in [0.15, 0.2) is 22.8 Å². The molecule has 0 atom stereocenters. The molecule has 5 nitrogen and oxygen atoms in total. The number of nitro groups is 1. The maximum Gasteiger partial charge on any atom is 0.235 e. The first kappa shape index (κ1) is 12.5. The fourth-order valence-electron chi connectivity index (χ4n) is 1.15. The smallest absolute Gasteiger partial charge is 0.235 e. The summed E-state index contributed by atoms with van der Waals surface area (Å²) in [6.45, 7) is 0. The van der Waals surface area contributed by atoms with Gasteiger partial charge in [-0.15, -0.1) is 0 Å². The number of halogens is 1. The van der Waals surface area contributed by atoms with Gasteiger partial charge in [0.05, 0.1) is 23.6 Å². The van der Waals surface area contributed by atoms with E-state index in [4.69, 9.17) is 9.47 Å².